The minimum Gasteiger partial charge on any atom is -0.383 e. The SMILES string of the molecule is Nc1ncccc1C(N)CSc1ccccc1F. The summed E-state index contributed by atoms with van der Waals surface area (Å²) >= 11 is 1.38. The zero-order chi connectivity index (χ0) is 13.0. The number of hydrogen-bond donors (Lipinski definition) is 2. The van der Waals surface area contributed by atoms with Crippen molar-refractivity contribution in [1.82, 2.24) is 4.98 Å². The van der Waals surface area contributed by atoms with Gasteiger partial charge in [-0.2, -0.15) is 0 Å². The topological polar surface area (TPSA) is 64.9 Å². The first kappa shape index (κ1) is 12.9. The lowest BCUT2D eigenvalue weighted by atomic mass is 10.1. The second kappa shape index (κ2) is 5.84. The molecule has 0 saturated heterocycles. The molecule has 0 spiro atoms. The smallest absolute Gasteiger partial charge is 0.136 e. The molecule has 0 fully saturated rings. The minimum absolute atomic E-state index is 0.228. The second-order valence-electron chi connectivity index (χ2n) is 3.83. The molecule has 0 amide bonds. The molecular weight excluding hydrogens is 249 g/mol. The lowest BCUT2D eigenvalue weighted by molar-refractivity contribution is 0.602. The van der Waals surface area contributed by atoms with Gasteiger partial charge < -0.3 is 11.5 Å². The van der Waals surface area contributed by atoms with E-state index in [1.165, 1.54) is 17.8 Å². The Kier molecular flexibility index (Phi) is 4.17. The Hall–Kier alpha value is -1.59. The maximum atomic E-state index is 13.4. The Morgan fingerprint density at radius 3 is 2.72 bits per heavy atom. The molecule has 1 aromatic carbocycles. The number of pyridine rings is 1. The van der Waals surface area contributed by atoms with Crippen molar-refractivity contribution in [3.05, 3.63) is 54.0 Å². The monoisotopic (exact) mass is 263 g/mol. The van der Waals surface area contributed by atoms with E-state index in [2.05, 4.69) is 4.98 Å². The largest absolute Gasteiger partial charge is 0.383 e. The van der Waals surface area contributed by atoms with Crippen molar-refractivity contribution in [2.24, 2.45) is 5.73 Å². The molecule has 1 heterocycles. The van der Waals surface area contributed by atoms with Gasteiger partial charge in [0.15, 0.2) is 0 Å². The third-order valence-corrected chi connectivity index (χ3v) is 3.69. The number of thioether (sulfide) groups is 1. The van der Waals surface area contributed by atoms with E-state index in [-0.39, 0.29) is 11.9 Å². The fraction of sp³-hybridized carbons (Fsp3) is 0.154. The Labute approximate surface area is 109 Å². The molecule has 0 saturated carbocycles. The van der Waals surface area contributed by atoms with Crippen molar-refractivity contribution in [2.45, 2.75) is 10.9 Å². The summed E-state index contributed by atoms with van der Waals surface area (Å²) in [6.07, 6.45) is 1.62. The summed E-state index contributed by atoms with van der Waals surface area (Å²) in [7, 11) is 0. The van der Waals surface area contributed by atoms with E-state index in [9.17, 15) is 4.39 Å². The van der Waals surface area contributed by atoms with Gasteiger partial charge in [-0.15, -0.1) is 11.8 Å². The maximum Gasteiger partial charge on any atom is 0.136 e. The van der Waals surface area contributed by atoms with Gasteiger partial charge in [-0.1, -0.05) is 18.2 Å². The van der Waals surface area contributed by atoms with Gasteiger partial charge in [0.1, 0.15) is 11.6 Å². The van der Waals surface area contributed by atoms with E-state index in [4.69, 9.17) is 11.5 Å². The number of nitrogens with two attached hydrogens (primary N) is 2. The standard InChI is InChI=1S/C13H14FN3S/c14-10-5-1-2-6-12(10)18-8-11(15)9-4-3-7-17-13(9)16/h1-7,11H,8,15H2,(H2,16,17). The first-order chi connectivity index (χ1) is 8.68. The number of anilines is 1. The van der Waals surface area contributed by atoms with Crippen LogP contribution in [0.25, 0.3) is 0 Å². The number of hydrogen-bond acceptors (Lipinski definition) is 4. The highest BCUT2D eigenvalue weighted by atomic mass is 32.2. The molecular formula is C13H14FN3S. The summed E-state index contributed by atoms with van der Waals surface area (Å²) in [5.74, 6) is 0.754. The second-order valence-corrected chi connectivity index (χ2v) is 4.89. The fourth-order valence-corrected chi connectivity index (χ4v) is 2.49. The molecule has 2 aromatic rings. The molecule has 1 aromatic heterocycles. The van der Waals surface area contributed by atoms with Crippen LogP contribution in [0.5, 0.6) is 0 Å². The molecule has 0 bridgehead atoms. The van der Waals surface area contributed by atoms with Gasteiger partial charge in [0, 0.05) is 28.5 Å². The van der Waals surface area contributed by atoms with Gasteiger partial charge in [0.05, 0.1) is 0 Å². The van der Waals surface area contributed by atoms with Crippen LogP contribution in [0.15, 0.2) is 47.5 Å². The third-order valence-electron chi connectivity index (χ3n) is 2.53. The van der Waals surface area contributed by atoms with Crippen LogP contribution in [0.1, 0.15) is 11.6 Å². The highest BCUT2D eigenvalue weighted by Crippen LogP contribution is 2.26. The number of rotatable bonds is 4. The van der Waals surface area contributed by atoms with E-state index < -0.39 is 0 Å². The van der Waals surface area contributed by atoms with E-state index >= 15 is 0 Å². The van der Waals surface area contributed by atoms with Crippen LogP contribution in [0.2, 0.25) is 0 Å². The first-order valence-corrected chi connectivity index (χ1v) is 6.50. The molecule has 0 aliphatic rings. The number of benzene rings is 1. The van der Waals surface area contributed by atoms with Crippen molar-refractivity contribution >= 4 is 17.6 Å². The summed E-state index contributed by atoms with van der Waals surface area (Å²) in [6, 6.07) is 10.0. The molecule has 0 aliphatic carbocycles. The van der Waals surface area contributed by atoms with Crippen molar-refractivity contribution in [2.75, 3.05) is 11.5 Å². The molecule has 0 radical (unpaired) electrons. The highest BCUT2D eigenvalue weighted by molar-refractivity contribution is 7.99. The van der Waals surface area contributed by atoms with Crippen LogP contribution >= 0.6 is 11.8 Å². The lowest BCUT2D eigenvalue weighted by Gasteiger charge is -2.13. The molecule has 1 unspecified atom stereocenters. The molecule has 18 heavy (non-hydrogen) atoms. The Balaban J connectivity index is 2.03. The predicted octanol–water partition coefficient (Wildman–Crippen LogP) is 2.60. The van der Waals surface area contributed by atoms with Crippen LogP contribution in [-0.4, -0.2) is 10.7 Å². The molecule has 94 valence electrons. The number of nitrogen functional groups attached to an aromatic ring is 1. The van der Waals surface area contributed by atoms with E-state index in [0.717, 1.165) is 5.56 Å². The lowest BCUT2D eigenvalue weighted by Crippen LogP contribution is -2.15. The molecule has 0 aliphatic heterocycles. The van der Waals surface area contributed by atoms with Gasteiger partial charge in [0.2, 0.25) is 0 Å². The molecule has 3 nitrogen and oxygen atoms in total. The van der Waals surface area contributed by atoms with Gasteiger partial charge in [-0.05, 0) is 18.2 Å². The van der Waals surface area contributed by atoms with E-state index in [1.807, 2.05) is 6.07 Å². The zero-order valence-corrected chi connectivity index (χ0v) is 10.5. The van der Waals surface area contributed by atoms with Crippen LogP contribution in [-0.2, 0) is 0 Å². The predicted molar refractivity (Wildman–Crippen MR) is 72.7 cm³/mol. The Bertz CT molecular complexity index is 533. The Morgan fingerprint density at radius 1 is 1.22 bits per heavy atom. The van der Waals surface area contributed by atoms with Gasteiger partial charge >= 0.3 is 0 Å². The summed E-state index contributed by atoms with van der Waals surface area (Å²) in [4.78, 5) is 4.58. The van der Waals surface area contributed by atoms with Crippen molar-refractivity contribution in [3.8, 4) is 0 Å². The Morgan fingerprint density at radius 2 is 2.00 bits per heavy atom. The maximum absolute atomic E-state index is 13.4. The fourth-order valence-electron chi connectivity index (χ4n) is 1.57. The highest BCUT2D eigenvalue weighted by Gasteiger charge is 2.11. The summed E-state index contributed by atoms with van der Waals surface area (Å²) < 4.78 is 13.4. The van der Waals surface area contributed by atoms with Gasteiger partial charge in [0.25, 0.3) is 0 Å². The average Bonchev–Trinajstić information content (AvgIpc) is 2.38. The van der Waals surface area contributed by atoms with Crippen LogP contribution in [0, 0.1) is 5.82 Å². The first-order valence-electron chi connectivity index (χ1n) is 5.52. The third kappa shape index (κ3) is 3.00. The van der Waals surface area contributed by atoms with Gasteiger partial charge in [-0.3, -0.25) is 0 Å². The van der Waals surface area contributed by atoms with Crippen molar-refractivity contribution < 1.29 is 4.39 Å². The van der Waals surface area contributed by atoms with E-state index in [1.54, 1.807) is 30.5 Å². The van der Waals surface area contributed by atoms with Crippen LogP contribution in [0.3, 0.4) is 0 Å². The number of aromatic nitrogens is 1. The summed E-state index contributed by atoms with van der Waals surface area (Å²) in [5.41, 5.74) is 12.6. The summed E-state index contributed by atoms with van der Waals surface area (Å²) in [6.45, 7) is 0. The molecule has 1 atom stereocenters. The van der Waals surface area contributed by atoms with Gasteiger partial charge in [-0.25, -0.2) is 9.37 Å². The zero-order valence-electron chi connectivity index (χ0n) is 9.71. The number of nitrogens with zero attached hydrogens (tertiary/aromatic N) is 1. The molecule has 5 heteroatoms. The van der Waals surface area contributed by atoms with E-state index in [0.29, 0.717) is 16.5 Å². The normalized spacial score (nSPS) is 12.3. The van der Waals surface area contributed by atoms with Crippen LogP contribution < -0.4 is 11.5 Å². The minimum atomic E-state index is -0.261. The number of halogens is 1. The summed E-state index contributed by atoms with van der Waals surface area (Å²) in [5, 5.41) is 0. The average molecular weight is 263 g/mol. The molecule has 4 N–H and O–H groups in total. The van der Waals surface area contributed by atoms with Crippen molar-refractivity contribution in [3.63, 3.8) is 0 Å². The quantitative estimate of drug-likeness (QED) is 0.832. The van der Waals surface area contributed by atoms with Crippen molar-refractivity contribution in [1.29, 1.82) is 0 Å². The van der Waals surface area contributed by atoms with Crippen LogP contribution in [0.4, 0.5) is 10.2 Å². The molecule has 2 rings (SSSR count).